The van der Waals surface area contributed by atoms with Gasteiger partial charge in [0.25, 0.3) is 0 Å². The Morgan fingerprint density at radius 3 is 2.85 bits per heavy atom. The minimum Gasteiger partial charge on any atom is -0.326 e. The fraction of sp³-hybridized carbons (Fsp3) is 0.111. The lowest BCUT2D eigenvalue weighted by Gasteiger charge is -2.04. The Morgan fingerprint density at radius 1 is 1.62 bits per heavy atom. The Labute approximate surface area is 74.8 Å². The molecule has 1 rings (SSSR count). The molecule has 3 nitrogen and oxygen atoms in total. The molecule has 0 unspecified atom stereocenters. The Morgan fingerprint density at radius 2 is 2.31 bits per heavy atom. The molecule has 0 aliphatic rings. The maximum absolute atomic E-state index is 13.3. The fourth-order valence-electron chi connectivity index (χ4n) is 0.981. The first-order valence-corrected chi connectivity index (χ1v) is 3.60. The normalized spacial score (nSPS) is 9.00. The summed E-state index contributed by atoms with van der Waals surface area (Å²) in [6.45, 7) is 1.49. The van der Waals surface area contributed by atoms with Crippen LogP contribution in [0.5, 0.6) is 0 Å². The van der Waals surface area contributed by atoms with E-state index in [4.69, 9.17) is 5.26 Å². The van der Waals surface area contributed by atoms with Crippen molar-refractivity contribution < 1.29 is 9.18 Å². The van der Waals surface area contributed by atoms with Gasteiger partial charge in [0.1, 0.15) is 0 Å². The molecule has 0 spiro atoms. The van der Waals surface area contributed by atoms with Crippen molar-refractivity contribution in [2.75, 3.05) is 5.32 Å². The highest BCUT2D eigenvalue weighted by molar-refractivity contribution is 5.72. The van der Waals surface area contributed by atoms with Gasteiger partial charge in [0.05, 0.1) is 17.3 Å². The Kier molecular flexibility index (Phi) is 2.60. The predicted molar refractivity (Wildman–Crippen MR) is 45.5 cm³/mol. The van der Waals surface area contributed by atoms with Crippen LogP contribution in [0.25, 0.3) is 0 Å². The van der Waals surface area contributed by atoms with E-state index >= 15 is 0 Å². The molecular weight excluding hydrogens is 171 g/mol. The molecule has 0 heterocycles. The SMILES string of the molecule is Cc1c(C#N)ccc(NC=O)c1F. The van der Waals surface area contributed by atoms with Gasteiger partial charge < -0.3 is 5.32 Å². The monoisotopic (exact) mass is 178 g/mol. The molecule has 0 aromatic heterocycles. The van der Waals surface area contributed by atoms with Crippen LogP contribution < -0.4 is 5.32 Å². The van der Waals surface area contributed by atoms with Crippen LogP contribution in [0.2, 0.25) is 0 Å². The molecule has 0 bridgehead atoms. The summed E-state index contributed by atoms with van der Waals surface area (Å²) in [5.41, 5.74) is 0.606. The fourth-order valence-corrected chi connectivity index (χ4v) is 0.981. The molecule has 0 fully saturated rings. The molecule has 0 aliphatic carbocycles. The molecule has 0 radical (unpaired) electrons. The van der Waals surface area contributed by atoms with Crippen molar-refractivity contribution in [2.24, 2.45) is 0 Å². The van der Waals surface area contributed by atoms with Gasteiger partial charge >= 0.3 is 0 Å². The number of benzene rings is 1. The molecule has 13 heavy (non-hydrogen) atoms. The van der Waals surface area contributed by atoms with Crippen molar-refractivity contribution in [1.82, 2.24) is 0 Å². The first-order chi connectivity index (χ1) is 6.20. The van der Waals surface area contributed by atoms with Gasteiger partial charge in [0.15, 0.2) is 5.82 Å². The lowest BCUT2D eigenvalue weighted by Crippen LogP contribution is -1.99. The van der Waals surface area contributed by atoms with Crippen LogP contribution >= 0.6 is 0 Å². The molecule has 1 aromatic carbocycles. The van der Waals surface area contributed by atoms with E-state index in [0.29, 0.717) is 6.41 Å². The summed E-state index contributed by atoms with van der Waals surface area (Å²) in [7, 11) is 0. The summed E-state index contributed by atoms with van der Waals surface area (Å²) in [4.78, 5) is 10.0. The van der Waals surface area contributed by atoms with Crippen molar-refractivity contribution in [1.29, 1.82) is 5.26 Å². The van der Waals surface area contributed by atoms with Crippen LogP contribution in [-0.4, -0.2) is 6.41 Å². The second-order valence-corrected chi connectivity index (χ2v) is 2.47. The third-order valence-electron chi connectivity index (χ3n) is 1.72. The lowest BCUT2D eigenvalue weighted by molar-refractivity contribution is -0.105. The zero-order valence-electron chi connectivity index (χ0n) is 6.97. The molecule has 0 atom stereocenters. The van der Waals surface area contributed by atoms with Crippen molar-refractivity contribution in [3.05, 3.63) is 29.1 Å². The van der Waals surface area contributed by atoms with Gasteiger partial charge in [-0.25, -0.2) is 4.39 Å². The molecule has 0 saturated carbocycles. The Bertz CT molecular complexity index is 382. The maximum atomic E-state index is 13.3. The average Bonchev–Trinajstić information content (AvgIpc) is 2.14. The number of nitrogens with one attached hydrogen (secondary N) is 1. The summed E-state index contributed by atoms with van der Waals surface area (Å²) in [6.07, 6.45) is 0.393. The third-order valence-corrected chi connectivity index (χ3v) is 1.72. The smallest absolute Gasteiger partial charge is 0.211 e. The van der Waals surface area contributed by atoms with E-state index in [1.54, 1.807) is 0 Å². The number of hydrogen-bond donors (Lipinski definition) is 1. The number of nitrogens with zero attached hydrogens (tertiary/aromatic N) is 1. The molecule has 0 aliphatic heterocycles. The van der Waals surface area contributed by atoms with Crippen LogP contribution in [0.1, 0.15) is 11.1 Å². The summed E-state index contributed by atoms with van der Waals surface area (Å²) in [5, 5.41) is 10.8. The van der Waals surface area contributed by atoms with E-state index in [1.807, 2.05) is 6.07 Å². The van der Waals surface area contributed by atoms with Crippen molar-refractivity contribution in [3.8, 4) is 6.07 Å². The van der Waals surface area contributed by atoms with Crippen LogP contribution in [-0.2, 0) is 4.79 Å². The van der Waals surface area contributed by atoms with Gasteiger partial charge in [-0.05, 0) is 19.1 Å². The summed E-state index contributed by atoms with van der Waals surface area (Å²) in [5.74, 6) is -0.564. The van der Waals surface area contributed by atoms with Gasteiger partial charge in [-0.1, -0.05) is 0 Å². The van der Waals surface area contributed by atoms with Gasteiger partial charge in [-0.3, -0.25) is 4.79 Å². The highest BCUT2D eigenvalue weighted by atomic mass is 19.1. The molecular formula is C9H7FN2O. The Balaban J connectivity index is 3.24. The quantitative estimate of drug-likeness (QED) is 0.699. The van der Waals surface area contributed by atoms with Gasteiger partial charge in [-0.2, -0.15) is 5.26 Å². The topological polar surface area (TPSA) is 52.9 Å². The van der Waals surface area contributed by atoms with E-state index in [9.17, 15) is 9.18 Å². The number of carbonyl (C=O) groups is 1. The van der Waals surface area contributed by atoms with Crippen LogP contribution in [0.4, 0.5) is 10.1 Å². The minimum atomic E-state index is -0.564. The highest BCUT2D eigenvalue weighted by Crippen LogP contribution is 2.19. The van der Waals surface area contributed by atoms with E-state index in [-0.39, 0.29) is 16.8 Å². The van der Waals surface area contributed by atoms with E-state index in [0.717, 1.165) is 0 Å². The second-order valence-electron chi connectivity index (χ2n) is 2.47. The van der Waals surface area contributed by atoms with E-state index in [2.05, 4.69) is 5.32 Å². The molecule has 1 amide bonds. The van der Waals surface area contributed by atoms with E-state index in [1.165, 1.54) is 19.1 Å². The first-order valence-electron chi connectivity index (χ1n) is 3.60. The number of hydrogen-bond acceptors (Lipinski definition) is 2. The van der Waals surface area contributed by atoms with Gasteiger partial charge in [0, 0.05) is 5.56 Å². The first kappa shape index (κ1) is 9.20. The number of nitriles is 1. The molecule has 1 aromatic rings. The number of carbonyl (C=O) groups excluding carboxylic acids is 1. The number of halogens is 1. The number of rotatable bonds is 2. The summed E-state index contributed by atoms with van der Waals surface area (Å²) < 4.78 is 13.3. The van der Waals surface area contributed by atoms with Crippen molar-refractivity contribution in [2.45, 2.75) is 6.92 Å². The zero-order valence-corrected chi connectivity index (χ0v) is 6.97. The molecule has 0 saturated heterocycles. The van der Waals surface area contributed by atoms with E-state index < -0.39 is 5.82 Å². The van der Waals surface area contributed by atoms with Crippen LogP contribution in [0.15, 0.2) is 12.1 Å². The largest absolute Gasteiger partial charge is 0.326 e. The number of amides is 1. The van der Waals surface area contributed by atoms with Crippen LogP contribution in [0, 0.1) is 24.1 Å². The minimum absolute atomic E-state index is 0.0894. The van der Waals surface area contributed by atoms with Crippen molar-refractivity contribution >= 4 is 12.1 Å². The number of anilines is 1. The average molecular weight is 178 g/mol. The lowest BCUT2D eigenvalue weighted by atomic mass is 10.1. The molecule has 4 heteroatoms. The second kappa shape index (κ2) is 3.68. The summed E-state index contributed by atoms with van der Waals surface area (Å²) >= 11 is 0. The highest BCUT2D eigenvalue weighted by Gasteiger charge is 2.08. The van der Waals surface area contributed by atoms with Gasteiger partial charge in [0.2, 0.25) is 6.41 Å². The van der Waals surface area contributed by atoms with Gasteiger partial charge in [-0.15, -0.1) is 0 Å². The standard InChI is InChI=1S/C9H7FN2O/c1-6-7(4-11)2-3-8(9(6)10)12-5-13/h2-3,5H,1H3,(H,12,13). The van der Waals surface area contributed by atoms with Crippen LogP contribution in [0.3, 0.4) is 0 Å². The summed E-state index contributed by atoms with van der Waals surface area (Å²) in [6, 6.07) is 4.67. The third kappa shape index (κ3) is 1.64. The van der Waals surface area contributed by atoms with Crippen molar-refractivity contribution in [3.63, 3.8) is 0 Å². The zero-order chi connectivity index (χ0) is 9.84. The maximum Gasteiger partial charge on any atom is 0.211 e. The predicted octanol–water partition coefficient (Wildman–Crippen LogP) is 1.57. The molecule has 66 valence electrons. The molecule has 1 N–H and O–H groups in total. The Hall–Kier alpha value is -1.89.